The molecule has 0 unspecified atom stereocenters. The molecule has 1 aromatic heterocycles. The molecule has 2 rings (SSSR count). The van der Waals surface area contributed by atoms with Crippen molar-refractivity contribution >= 4 is 11.9 Å². The smallest absolute Gasteiger partial charge is 0.329 e. The topological polar surface area (TPSA) is 89.0 Å². The van der Waals surface area contributed by atoms with Gasteiger partial charge in [-0.3, -0.25) is 4.79 Å². The molecule has 108 valence electrons. The van der Waals surface area contributed by atoms with Crippen LogP contribution < -0.4 is 4.74 Å². The van der Waals surface area contributed by atoms with Crippen LogP contribution >= 0.6 is 0 Å². The van der Waals surface area contributed by atoms with Crippen LogP contribution in [0.15, 0.2) is 18.3 Å². The molecule has 1 aliphatic rings. The highest BCUT2D eigenvalue weighted by molar-refractivity contribution is 5.94. The van der Waals surface area contributed by atoms with Crippen molar-refractivity contribution in [3.05, 3.63) is 23.9 Å². The van der Waals surface area contributed by atoms with E-state index in [9.17, 15) is 9.59 Å². The highest BCUT2D eigenvalue weighted by atomic mass is 16.5. The Kier molecular flexibility index (Phi) is 3.89. The van der Waals surface area contributed by atoms with Crippen LogP contribution in [0.3, 0.4) is 0 Å². The molecule has 20 heavy (non-hydrogen) atoms. The van der Waals surface area contributed by atoms with Gasteiger partial charge >= 0.3 is 5.97 Å². The van der Waals surface area contributed by atoms with Gasteiger partial charge in [0.25, 0.3) is 5.91 Å². The molecule has 1 fully saturated rings. The third-order valence-corrected chi connectivity index (χ3v) is 3.07. The van der Waals surface area contributed by atoms with Crippen molar-refractivity contribution in [3.63, 3.8) is 0 Å². The highest BCUT2D eigenvalue weighted by Gasteiger charge is 2.43. The van der Waals surface area contributed by atoms with E-state index in [4.69, 9.17) is 14.6 Å². The fourth-order valence-electron chi connectivity index (χ4n) is 2.04. The van der Waals surface area contributed by atoms with Gasteiger partial charge in [-0.2, -0.15) is 0 Å². The second-order valence-corrected chi connectivity index (χ2v) is 4.88. The molecule has 1 N–H and O–H groups in total. The molecule has 0 aromatic carbocycles. The lowest BCUT2D eigenvalue weighted by Crippen LogP contribution is -2.63. The Bertz CT molecular complexity index is 508. The SMILES string of the molecule is COc1ccc(C(=O)N2CC(C)(OCC(=O)O)C2)cn1. The number of rotatable bonds is 5. The maximum Gasteiger partial charge on any atom is 0.329 e. The van der Waals surface area contributed by atoms with E-state index in [0.29, 0.717) is 24.5 Å². The second-order valence-electron chi connectivity index (χ2n) is 4.88. The zero-order valence-corrected chi connectivity index (χ0v) is 11.3. The Morgan fingerprint density at radius 1 is 1.45 bits per heavy atom. The molecule has 7 heteroatoms. The van der Waals surface area contributed by atoms with Gasteiger partial charge in [0.1, 0.15) is 12.2 Å². The number of amides is 1. The fraction of sp³-hybridized carbons (Fsp3) is 0.462. The highest BCUT2D eigenvalue weighted by Crippen LogP contribution is 2.26. The molecule has 1 amide bonds. The number of carboxylic acids is 1. The summed E-state index contributed by atoms with van der Waals surface area (Å²) in [6.45, 7) is 2.16. The van der Waals surface area contributed by atoms with Crippen molar-refractivity contribution in [1.29, 1.82) is 0 Å². The van der Waals surface area contributed by atoms with E-state index in [1.54, 1.807) is 24.0 Å². The van der Waals surface area contributed by atoms with Crippen LogP contribution in [0.5, 0.6) is 5.88 Å². The van der Waals surface area contributed by atoms with Crippen LogP contribution in [0.4, 0.5) is 0 Å². The largest absolute Gasteiger partial charge is 0.481 e. The van der Waals surface area contributed by atoms with E-state index in [1.165, 1.54) is 13.3 Å². The Hall–Kier alpha value is -2.15. The third-order valence-electron chi connectivity index (χ3n) is 3.07. The second kappa shape index (κ2) is 5.46. The lowest BCUT2D eigenvalue weighted by molar-refractivity contribution is -0.159. The number of ether oxygens (including phenoxy) is 2. The van der Waals surface area contributed by atoms with Crippen LogP contribution in [0.1, 0.15) is 17.3 Å². The van der Waals surface area contributed by atoms with Crippen molar-refractivity contribution in [2.24, 2.45) is 0 Å². The molecule has 1 aliphatic heterocycles. The summed E-state index contributed by atoms with van der Waals surface area (Å²) in [5.74, 6) is -0.730. The molecular weight excluding hydrogens is 264 g/mol. The monoisotopic (exact) mass is 280 g/mol. The molecule has 1 saturated heterocycles. The molecule has 1 aromatic rings. The van der Waals surface area contributed by atoms with Gasteiger partial charge in [-0.1, -0.05) is 0 Å². The van der Waals surface area contributed by atoms with Gasteiger partial charge in [-0.15, -0.1) is 0 Å². The molecule has 0 saturated carbocycles. The Morgan fingerprint density at radius 2 is 2.15 bits per heavy atom. The first kappa shape index (κ1) is 14.3. The number of aliphatic carboxylic acids is 1. The number of likely N-dealkylation sites (tertiary alicyclic amines) is 1. The van der Waals surface area contributed by atoms with Gasteiger partial charge in [0.2, 0.25) is 5.88 Å². The predicted molar refractivity (Wildman–Crippen MR) is 68.7 cm³/mol. The fourth-order valence-corrected chi connectivity index (χ4v) is 2.04. The number of hydrogen-bond acceptors (Lipinski definition) is 5. The molecule has 0 radical (unpaired) electrons. The summed E-state index contributed by atoms with van der Waals surface area (Å²) in [6, 6.07) is 3.26. The van der Waals surface area contributed by atoms with E-state index in [-0.39, 0.29) is 12.5 Å². The quantitative estimate of drug-likeness (QED) is 0.840. The van der Waals surface area contributed by atoms with Crippen molar-refractivity contribution in [3.8, 4) is 5.88 Å². The Balaban J connectivity index is 1.91. The van der Waals surface area contributed by atoms with Crippen molar-refractivity contribution in [2.45, 2.75) is 12.5 Å². The maximum atomic E-state index is 12.1. The molecule has 0 atom stereocenters. The summed E-state index contributed by atoms with van der Waals surface area (Å²) in [7, 11) is 1.50. The Morgan fingerprint density at radius 3 is 2.65 bits per heavy atom. The number of carbonyl (C=O) groups is 2. The standard InChI is InChI=1S/C13H16N2O5/c1-13(20-6-11(16)17)7-15(8-13)12(18)9-3-4-10(19-2)14-5-9/h3-5H,6-8H2,1-2H3,(H,16,17). The first-order valence-electron chi connectivity index (χ1n) is 6.08. The van der Waals surface area contributed by atoms with Gasteiger partial charge in [0.15, 0.2) is 0 Å². The van der Waals surface area contributed by atoms with Gasteiger partial charge in [0, 0.05) is 12.3 Å². The van der Waals surface area contributed by atoms with Gasteiger partial charge in [-0.25, -0.2) is 9.78 Å². The predicted octanol–water partition coefficient (Wildman–Crippen LogP) is 0.406. The average Bonchev–Trinajstić information content (AvgIpc) is 2.41. The molecule has 0 bridgehead atoms. The van der Waals surface area contributed by atoms with E-state index in [0.717, 1.165) is 0 Å². The normalized spacial score (nSPS) is 16.4. The summed E-state index contributed by atoms with van der Waals surface area (Å²) in [5.41, 5.74) is -0.125. The molecule has 0 spiro atoms. The van der Waals surface area contributed by atoms with Crippen LogP contribution in [-0.4, -0.2) is 59.3 Å². The summed E-state index contributed by atoms with van der Waals surface area (Å²) in [5, 5.41) is 8.57. The molecular formula is C13H16N2O5. The van der Waals surface area contributed by atoms with Gasteiger partial charge in [0.05, 0.1) is 25.8 Å². The summed E-state index contributed by atoms with van der Waals surface area (Å²) >= 11 is 0. The number of carboxylic acid groups (broad SMARTS) is 1. The third kappa shape index (κ3) is 3.05. The molecule has 7 nitrogen and oxygen atoms in total. The lowest BCUT2D eigenvalue weighted by atomic mass is 9.95. The number of carbonyl (C=O) groups excluding carboxylic acids is 1. The first-order valence-corrected chi connectivity index (χ1v) is 6.08. The van der Waals surface area contributed by atoms with E-state index in [2.05, 4.69) is 4.98 Å². The Labute approximate surface area is 116 Å². The van der Waals surface area contributed by atoms with Crippen LogP contribution in [0, 0.1) is 0 Å². The van der Waals surface area contributed by atoms with Crippen molar-refractivity contribution in [2.75, 3.05) is 26.8 Å². The number of methoxy groups -OCH3 is 1. The van der Waals surface area contributed by atoms with E-state index in [1.807, 2.05) is 0 Å². The zero-order valence-electron chi connectivity index (χ0n) is 11.3. The maximum absolute atomic E-state index is 12.1. The lowest BCUT2D eigenvalue weighted by Gasteiger charge is -2.47. The van der Waals surface area contributed by atoms with E-state index < -0.39 is 11.6 Å². The summed E-state index contributed by atoms with van der Waals surface area (Å²) < 4.78 is 10.2. The minimum atomic E-state index is -1.02. The minimum absolute atomic E-state index is 0.156. The van der Waals surface area contributed by atoms with Crippen molar-refractivity contribution in [1.82, 2.24) is 9.88 Å². The number of pyridine rings is 1. The number of aromatic nitrogens is 1. The summed E-state index contributed by atoms with van der Waals surface area (Å²) in [6.07, 6.45) is 1.45. The van der Waals surface area contributed by atoms with Crippen LogP contribution in [0.2, 0.25) is 0 Å². The average molecular weight is 280 g/mol. The van der Waals surface area contributed by atoms with Crippen LogP contribution in [-0.2, 0) is 9.53 Å². The first-order chi connectivity index (χ1) is 9.43. The number of hydrogen-bond donors (Lipinski definition) is 1. The molecule has 2 heterocycles. The molecule has 0 aliphatic carbocycles. The summed E-state index contributed by atoms with van der Waals surface area (Å²) in [4.78, 5) is 28.1. The van der Waals surface area contributed by atoms with Crippen molar-refractivity contribution < 1.29 is 24.2 Å². The zero-order chi connectivity index (χ0) is 14.8. The van der Waals surface area contributed by atoms with Gasteiger partial charge in [-0.05, 0) is 13.0 Å². The van der Waals surface area contributed by atoms with Crippen LogP contribution in [0.25, 0.3) is 0 Å². The van der Waals surface area contributed by atoms with Gasteiger partial charge < -0.3 is 19.5 Å². The van der Waals surface area contributed by atoms with E-state index >= 15 is 0 Å². The minimum Gasteiger partial charge on any atom is -0.481 e. The number of nitrogens with zero attached hydrogens (tertiary/aromatic N) is 2.